The molecule has 1 atom stereocenters. The summed E-state index contributed by atoms with van der Waals surface area (Å²) in [5.41, 5.74) is 1.58. The molecule has 0 saturated carbocycles. The van der Waals surface area contributed by atoms with Crippen LogP contribution < -0.4 is 69.3 Å². The molecule has 2 rings (SSSR count). The maximum Gasteiger partial charge on any atom is 1.00 e. The summed E-state index contributed by atoms with van der Waals surface area (Å²) in [6.07, 6.45) is -2.10. The van der Waals surface area contributed by atoms with Crippen molar-refractivity contribution in [3.63, 3.8) is 0 Å². The molecular formula is C19H18Na2O7S. The number of carboxylic acid groups (broad SMARTS) is 2. The molecule has 0 bridgehead atoms. The van der Waals surface area contributed by atoms with E-state index in [4.69, 9.17) is 0 Å². The van der Waals surface area contributed by atoms with Gasteiger partial charge in [0.1, 0.15) is 4.75 Å². The van der Waals surface area contributed by atoms with E-state index in [1.165, 1.54) is 0 Å². The largest absolute Gasteiger partial charge is 1.00 e. The van der Waals surface area contributed by atoms with Gasteiger partial charge in [-0.2, -0.15) is 8.42 Å². The van der Waals surface area contributed by atoms with Crippen molar-refractivity contribution >= 4 is 22.1 Å². The van der Waals surface area contributed by atoms with E-state index >= 15 is 0 Å². The van der Waals surface area contributed by atoms with Crippen molar-refractivity contribution in [1.29, 1.82) is 0 Å². The van der Waals surface area contributed by atoms with Crippen LogP contribution in [0.2, 0.25) is 0 Å². The molecule has 0 aliphatic rings. The Morgan fingerprint density at radius 1 is 0.897 bits per heavy atom. The van der Waals surface area contributed by atoms with Gasteiger partial charge in [0.15, 0.2) is 0 Å². The van der Waals surface area contributed by atoms with E-state index in [1.54, 1.807) is 60.7 Å². The third-order valence-corrected chi connectivity index (χ3v) is 6.04. The Kier molecular flexibility index (Phi) is 11.9. The van der Waals surface area contributed by atoms with Crippen LogP contribution in [-0.4, -0.2) is 29.7 Å². The predicted octanol–water partition coefficient (Wildman–Crippen LogP) is -5.88. The molecule has 1 N–H and O–H groups in total. The minimum Gasteiger partial charge on any atom is -0.550 e. The number of hydrogen-bond acceptors (Lipinski definition) is 6. The average molecular weight is 436 g/mol. The molecule has 2 aromatic rings. The number of carbonyl (C=O) groups excluding carboxylic acids is 2. The summed E-state index contributed by atoms with van der Waals surface area (Å²) in [5.74, 6) is -4.49. The minimum atomic E-state index is -5.26. The molecule has 0 fully saturated rings. The molecule has 29 heavy (non-hydrogen) atoms. The Bertz CT molecular complexity index is 865. The molecule has 0 radical (unpaired) electrons. The number of hydrogen-bond donors (Lipinski definition) is 1. The average Bonchev–Trinajstić information content (AvgIpc) is 2.61. The first-order chi connectivity index (χ1) is 12.7. The molecule has 7 nitrogen and oxygen atoms in total. The first-order valence-electron chi connectivity index (χ1n) is 8.15. The van der Waals surface area contributed by atoms with Gasteiger partial charge in [-0.05, 0) is 24.0 Å². The Labute approximate surface area is 213 Å². The van der Waals surface area contributed by atoms with E-state index in [0.717, 1.165) is 11.1 Å². The van der Waals surface area contributed by atoms with E-state index < -0.39 is 45.6 Å². The Morgan fingerprint density at radius 3 is 1.62 bits per heavy atom. The van der Waals surface area contributed by atoms with Crippen LogP contribution in [-0.2, 0) is 19.7 Å². The van der Waals surface area contributed by atoms with Crippen LogP contribution in [0.4, 0.5) is 0 Å². The van der Waals surface area contributed by atoms with E-state index in [0.29, 0.717) is 0 Å². The van der Waals surface area contributed by atoms with Crippen LogP contribution >= 0.6 is 0 Å². The van der Waals surface area contributed by atoms with Crippen molar-refractivity contribution in [2.75, 3.05) is 0 Å². The summed E-state index contributed by atoms with van der Waals surface area (Å²) in [4.78, 5) is 22.5. The van der Waals surface area contributed by atoms with Crippen LogP contribution in [0.25, 0.3) is 0 Å². The Morgan fingerprint density at radius 2 is 1.31 bits per heavy atom. The molecule has 0 aliphatic carbocycles. The monoisotopic (exact) mass is 436 g/mol. The number of carboxylic acids is 2. The molecule has 1 unspecified atom stereocenters. The molecule has 0 amide bonds. The maximum atomic E-state index is 11.8. The second-order valence-electron chi connectivity index (χ2n) is 6.22. The van der Waals surface area contributed by atoms with E-state index in [9.17, 15) is 32.8 Å². The van der Waals surface area contributed by atoms with Crippen molar-refractivity contribution in [2.45, 2.75) is 29.9 Å². The van der Waals surface area contributed by atoms with Crippen molar-refractivity contribution in [1.82, 2.24) is 0 Å². The first-order valence-corrected chi connectivity index (χ1v) is 9.59. The summed E-state index contributed by atoms with van der Waals surface area (Å²) < 4.78 is 30.0. The fraction of sp³-hybridized carbons (Fsp3) is 0.263. The van der Waals surface area contributed by atoms with E-state index in [-0.39, 0.29) is 65.5 Å². The van der Waals surface area contributed by atoms with Gasteiger partial charge in [-0.25, -0.2) is 0 Å². The maximum absolute atomic E-state index is 11.8. The van der Waals surface area contributed by atoms with Gasteiger partial charge in [-0.15, -0.1) is 0 Å². The smallest absolute Gasteiger partial charge is 0.550 e. The first kappa shape index (κ1) is 28.3. The minimum absolute atomic E-state index is 0. The van der Waals surface area contributed by atoms with Crippen molar-refractivity contribution in [2.24, 2.45) is 0 Å². The molecule has 0 aromatic heterocycles. The van der Waals surface area contributed by atoms with Gasteiger partial charge in [0.05, 0.1) is 5.97 Å². The summed E-state index contributed by atoms with van der Waals surface area (Å²) in [6, 6.07) is 17.9. The van der Waals surface area contributed by atoms with Crippen LogP contribution in [0.3, 0.4) is 0 Å². The van der Waals surface area contributed by atoms with Gasteiger partial charge < -0.3 is 19.8 Å². The molecule has 0 heterocycles. The van der Waals surface area contributed by atoms with Gasteiger partial charge in [-0.3, -0.25) is 4.55 Å². The molecule has 0 saturated heterocycles. The van der Waals surface area contributed by atoms with Crippen LogP contribution in [0.1, 0.15) is 36.3 Å². The molecular weight excluding hydrogens is 418 g/mol. The van der Waals surface area contributed by atoms with Crippen molar-refractivity contribution < 1.29 is 91.9 Å². The van der Waals surface area contributed by atoms with Gasteiger partial charge in [0.25, 0.3) is 10.1 Å². The standard InChI is InChI=1S/C19H20O7S.2Na/c20-17(21)13-19(18(22)23,27(24,25)26)12-11-16(14-7-3-1-4-8-14)15-9-5-2-6-10-15;;/h1-10,16H,11-13H2,(H,20,21)(H,22,23)(H,24,25,26);;/q;2*+1/p-2. The molecule has 144 valence electrons. The quantitative estimate of drug-likeness (QED) is 0.306. The van der Waals surface area contributed by atoms with Gasteiger partial charge >= 0.3 is 59.1 Å². The fourth-order valence-corrected chi connectivity index (χ4v) is 3.98. The second kappa shape index (κ2) is 12.2. The van der Waals surface area contributed by atoms with Crippen LogP contribution in [0.5, 0.6) is 0 Å². The van der Waals surface area contributed by atoms with E-state index in [2.05, 4.69) is 0 Å². The third kappa shape index (κ3) is 7.18. The zero-order chi connectivity index (χ0) is 20.1. The summed E-state index contributed by atoms with van der Waals surface area (Å²) in [5, 5.41) is 22.5. The van der Waals surface area contributed by atoms with Crippen LogP contribution in [0.15, 0.2) is 60.7 Å². The van der Waals surface area contributed by atoms with Gasteiger partial charge in [0.2, 0.25) is 0 Å². The zero-order valence-corrected chi connectivity index (χ0v) is 21.1. The molecule has 10 heteroatoms. The van der Waals surface area contributed by atoms with Crippen molar-refractivity contribution in [3.05, 3.63) is 71.8 Å². The second-order valence-corrected chi connectivity index (χ2v) is 7.95. The third-order valence-electron chi connectivity index (χ3n) is 4.54. The van der Waals surface area contributed by atoms with Gasteiger partial charge in [-0.1, -0.05) is 60.7 Å². The zero-order valence-electron chi connectivity index (χ0n) is 16.3. The molecule has 0 spiro atoms. The SMILES string of the molecule is O=C([O-])CC(CCC(c1ccccc1)c1ccccc1)(C(=O)[O-])S(=O)(=O)O.[Na+].[Na+]. The van der Waals surface area contributed by atoms with Crippen molar-refractivity contribution in [3.8, 4) is 0 Å². The Hall–Kier alpha value is -0.710. The number of rotatable bonds is 9. The number of carbonyl (C=O) groups is 2. The summed E-state index contributed by atoms with van der Waals surface area (Å²) in [6.45, 7) is 0. The van der Waals surface area contributed by atoms with Crippen LogP contribution in [0, 0.1) is 0 Å². The topological polar surface area (TPSA) is 135 Å². The van der Waals surface area contributed by atoms with Gasteiger partial charge in [0, 0.05) is 18.3 Å². The Balaban J connectivity index is 0.00000392. The predicted molar refractivity (Wildman–Crippen MR) is 92.9 cm³/mol. The number of aliphatic carboxylic acids is 2. The normalized spacial score (nSPS) is 12.9. The van der Waals surface area contributed by atoms with E-state index in [1.807, 2.05) is 0 Å². The summed E-state index contributed by atoms with van der Waals surface area (Å²) in [7, 11) is -5.26. The molecule has 0 aliphatic heterocycles. The summed E-state index contributed by atoms with van der Waals surface area (Å²) >= 11 is 0. The fourth-order valence-electron chi connectivity index (χ4n) is 3.10. The molecule has 2 aromatic carbocycles. The number of benzene rings is 2.